The van der Waals surface area contributed by atoms with Gasteiger partial charge in [-0.2, -0.15) is 0 Å². The van der Waals surface area contributed by atoms with Gasteiger partial charge in [-0.1, -0.05) is 17.7 Å². The lowest BCUT2D eigenvalue weighted by molar-refractivity contribution is 0.0963. The van der Waals surface area contributed by atoms with Gasteiger partial charge in [0.15, 0.2) is 5.78 Å². The van der Waals surface area contributed by atoms with Gasteiger partial charge in [-0.25, -0.2) is 14.8 Å². The first-order valence-electron chi connectivity index (χ1n) is 8.34. The molecule has 2 aromatic heterocycles. The topological polar surface area (TPSA) is 84.0 Å². The molecule has 1 aliphatic rings. The van der Waals surface area contributed by atoms with Gasteiger partial charge in [0.05, 0.1) is 11.3 Å². The van der Waals surface area contributed by atoms with Crippen molar-refractivity contribution < 1.29 is 9.59 Å². The minimum absolute atomic E-state index is 0.0341. The summed E-state index contributed by atoms with van der Waals surface area (Å²) in [7, 11) is 0. The Kier molecular flexibility index (Phi) is 4.87. The first-order valence-corrected chi connectivity index (χ1v) is 9.60. The van der Waals surface area contributed by atoms with Crippen LogP contribution in [0.5, 0.6) is 0 Å². The van der Waals surface area contributed by atoms with E-state index in [-0.39, 0.29) is 17.6 Å². The second-order valence-corrected chi connectivity index (χ2v) is 7.60. The van der Waals surface area contributed by atoms with Gasteiger partial charge >= 0.3 is 6.03 Å². The fraction of sp³-hybridized carbons (Fsp3) is 0.158. The molecular formula is C19H15ClN4O2S. The van der Waals surface area contributed by atoms with Crippen molar-refractivity contribution >= 4 is 46.4 Å². The lowest BCUT2D eigenvalue weighted by atomic mass is 9.86. The van der Waals surface area contributed by atoms with Crippen molar-refractivity contribution in [3.05, 3.63) is 69.1 Å². The number of amides is 2. The Morgan fingerprint density at radius 2 is 1.96 bits per heavy atom. The SMILES string of the molecule is O=C(Nc1ccc(Cl)cc1)Nc1ncc2c(n1)C[C@@H](c1cccs1)CC2=O. The molecule has 3 aromatic rings. The van der Waals surface area contributed by atoms with Crippen molar-refractivity contribution in [2.45, 2.75) is 18.8 Å². The lowest BCUT2D eigenvalue weighted by Crippen LogP contribution is -2.24. The highest BCUT2D eigenvalue weighted by Gasteiger charge is 2.28. The van der Waals surface area contributed by atoms with E-state index in [0.717, 1.165) is 0 Å². The number of hydrogen-bond donors (Lipinski definition) is 2. The number of urea groups is 1. The molecule has 6 nitrogen and oxygen atoms in total. The minimum Gasteiger partial charge on any atom is -0.308 e. The van der Waals surface area contributed by atoms with Crippen LogP contribution in [-0.2, 0) is 6.42 Å². The molecule has 0 saturated heterocycles. The number of carbonyl (C=O) groups is 2. The Hall–Kier alpha value is -2.77. The van der Waals surface area contributed by atoms with Crippen molar-refractivity contribution in [3.8, 4) is 0 Å². The Balaban J connectivity index is 1.49. The average molecular weight is 399 g/mol. The fourth-order valence-corrected chi connectivity index (χ4v) is 3.98. The standard InChI is InChI=1S/C19H15ClN4O2S/c20-12-3-5-13(6-4-12)22-19(26)24-18-21-10-14-15(23-18)8-11(9-16(14)25)17-2-1-7-27-17/h1-7,10-11H,8-9H2,(H2,21,22,23,24,26)/t11-/m1/s1. The van der Waals surface area contributed by atoms with Crippen LogP contribution >= 0.6 is 22.9 Å². The fourth-order valence-electron chi connectivity index (χ4n) is 3.03. The van der Waals surface area contributed by atoms with E-state index in [4.69, 9.17) is 11.6 Å². The summed E-state index contributed by atoms with van der Waals surface area (Å²) in [4.78, 5) is 34.2. The van der Waals surface area contributed by atoms with Crippen molar-refractivity contribution in [2.24, 2.45) is 0 Å². The zero-order valence-corrected chi connectivity index (χ0v) is 15.7. The highest BCUT2D eigenvalue weighted by Crippen LogP contribution is 2.34. The largest absolute Gasteiger partial charge is 0.326 e. The second-order valence-electron chi connectivity index (χ2n) is 6.18. The quantitative estimate of drug-likeness (QED) is 0.666. The van der Waals surface area contributed by atoms with Crippen LogP contribution in [0.4, 0.5) is 16.4 Å². The molecule has 1 atom stereocenters. The van der Waals surface area contributed by atoms with E-state index in [2.05, 4.69) is 20.6 Å². The van der Waals surface area contributed by atoms with Crippen LogP contribution < -0.4 is 10.6 Å². The van der Waals surface area contributed by atoms with E-state index < -0.39 is 6.03 Å². The summed E-state index contributed by atoms with van der Waals surface area (Å²) in [6.45, 7) is 0. The summed E-state index contributed by atoms with van der Waals surface area (Å²) in [5.41, 5.74) is 1.80. The molecule has 0 radical (unpaired) electrons. The van der Waals surface area contributed by atoms with Gasteiger partial charge in [0.25, 0.3) is 0 Å². The van der Waals surface area contributed by atoms with Gasteiger partial charge in [-0.15, -0.1) is 11.3 Å². The number of fused-ring (bicyclic) bond motifs is 1. The van der Waals surface area contributed by atoms with Crippen molar-refractivity contribution in [2.75, 3.05) is 10.6 Å². The van der Waals surface area contributed by atoms with Crippen LogP contribution in [0.2, 0.25) is 5.02 Å². The number of nitrogens with one attached hydrogen (secondary N) is 2. The van der Waals surface area contributed by atoms with E-state index in [1.54, 1.807) is 35.6 Å². The maximum absolute atomic E-state index is 12.4. The predicted molar refractivity (Wildman–Crippen MR) is 106 cm³/mol. The molecule has 1 aromatic carbocycles. The monoisotopic (exact) mass is 398 g/mol. The highest BCUT2D eigenvalue weighted by atomic mass is 35.5. The van der Waals surface area contributed by atoms with Crippen LogP contribution in [-0.4, -0.2) is 21.8 Å². The molecule has 27 heavy (non-hydrogen) atoms. The third-order valence-electron chi connectivity index (χ3n) is 4.31. The molecule has 0 unspecified atom stereocenters. The van der Waals surface area contributed by atoms with Gasteiger partial charge in [0, 0.05) is 34.1 Å². The molecule has 0 spiro atoms. The minimum atomic E-state index is -0.464. The maximum atomic E-state index is 12.4. The van der Waals surface area contributed by atoms with E-state index in [1.165, 1.54) is 11.1 Å². The lowest BCUT2D eigenvalue weighted by Gasteiger charge is -2.22. The molecule has 2 N–H and O–H groups in total. The zero-order valence-electron chi connectivity index (χ0n) is 14.1. The normalized spacial score (nSPS) is 15.9. The third kappa shape index (κ3) is 3.99. The number of benzene rings is 1. The molecule has 4 rings (SSSR count). The van der Waals surface area contributed by atoms with Crippen LogP contribution in [0.1, 0.15) is 33.3 Å². The number of nitrogens with zero attached hydrogens (tertiary/aromatic N) is 2. The van der Waals surface area contributed by atoms with E-state index in [0.29, 0.717) is 34.8 Å². The molecule has 0 aliphatic heterocycles. The van der Waals surface area contributed by atoms with Crippen molar-refractivity contribution in [1.82, 2.24) is 9.97 Å². The number of carbonyl (C=O) groups excluding carboxylic acids is 2. The van der Waals surface area contributed by atoms with Crippen LogP contribution in [0.25, 0.3) is 0 Å². The molecular weight excluding hydrogens is 384 g/mol. The number of ketones is 1. The second kappa shape index (κ2) is 7.46. The number of hydrogen-bond acceptors (Lipinski definition) is 5. The smallest absolute Gasteiger partial charge is 0.308 e. The number of halogens is 1. The Labute approximate surface area is 164 Å². The van der Waals surface area contributed by atoms with Crippen LogP contribution in [0.15, 0.2) is 48.0 Å². The number of rotatable bonds is 3. The summed E-state index contributed by atoms with van der Waals surface area (Å²) in [6.07, 6.45) is 2.60. The van der Waals surface area contributed by atoms with Gasteiger partial charge in [0.2, 0.25) is 5.95 Å². The summed E-state index contributed by atoms with van der Waals surface area (Å²) in [5, 5.41) is 7.88. The van der Waals surface area contributed by atoms with Gasteiger partial charge in [0.1, 0.15) is 0 Å². The summed E-state index contributed by atoms with van der Waals surface area (Å²) < 4.78 is 0. The Bertz CT molecular complexity index is 989. The molecule has 2 heterocycles. The van der Waals surface area contributed by atoms with E-state index >= 15 is 0 Å². The van der Waals surface area contributed by atoms with Gasteiger partial charge in [-0.3, -0.25) is 10.1 Å². The third-order valence-corrected chi connectivity index (χ3v) is 5.60. The number of anilines is 2. The number of Topliss-reactive ketones (excluding diaryl/α,β-unsaturated/α-hetero) is 1. The maximum Gasteiger partial charge on any atom is 0.326 e. The predicted octanol–water partition coefficient (Wildman–Crippen LogP) is 4.75. The van der Waals surface area contributed by atoms with Crippen molar-refractivity contribution in [1.29, 1.82) is 0 Å². The first kappa shape index (κ1) is 17.6. The van der Waals surface area contributed by atoms with Crippen LogP contribution in [0.3, 0.4) is 0 Å². The highest BCUT2D eigenvalue weighted by molar-refractivity contribution is 7.10. The number of aromatic nitrogens is 2. The van der Waals surface area contributed by atoms with Gasteiger partial charge < -0.3 is 5.32 Å². The van der Waals surface area contributed by atoms with Crippen LogP contribution in [0, 0.1) is 0 Å². The molecule has 0 bridgehead atoms. The average Bonchev–Trinajstić information content (AvgIpc) is 3.18. The molecule has 2 amide bonds. The summed E-state index contributed by atoms with van der Waals surface area (Å²) in [6, 6.07) is 10.3. The molecule has 0 fully saturated rings. The van der Waals surface area contributed by atoms with Gasteiger partial charge in [-0.05, 0) is 42.1 Å². The summed E-state index contributed by atoms with van der Waals surface area (Å²) in [5.74, 6) is 0.322. The zero-order chi connectivity index (χ0) is 18.8. The van der Waals surface area contributed by atoms with Crippen molar-refractivity contribution in [3.63, 3.8) is 0 Å². The Morgan fingerprint density at radius 3 is 2.70 bits per heavy atom. The van der Waals surface area contributed by atoms with E-state index in [9.17, 15) is 9.59 Å². The molecule has 1 aliphatic carbocycles. The first-order chi connectivity index (χ1) is 13.1. The summed E-state index contributed by atoms with van der Waals surface area (Å²) >= 11 is 7.47. The molecule has 8 heteroatoms. The molecule has 0 saturated carbocycles. The Morgan fingerprint density at radius 1 is 1.15 bits per heavy atom. The number of thiophene rings is 1. The van der Waals surface area contributed by atoms with E-state index in [1.807, 2.05) is 17.5 Å². The molecule has 136 valence electrons.